The Morgan fingerprint density at radius 3 is 2.49 bits per heavy atom. The number of rotatable bonds is 6. The Morgan fingerprint density at radius 1 is 1.09 bits per heavy atom. The fraction of sp³-hybridized carbons (Fsp3) is 0.433. The molecule has 1 aliphatic heterocycles. The number of nitrogens with one attached hydrogen (secondary N) is 1. The summed E-state index contributed by atoms with van der Waals surface area (Å²) in [5, 5.41) is 43.6. The van der Waals surface area contributed by atoms with Crippen LogP contribution in [-0.2, 0) is 16.2 Å². The zero-order valence-electron chi connectivity index (χ0n) is 23.9. The maximum Gasteiger partial charge on any atom is 0.377 e. The van der Waals surface area contributed by atoms with Gasteiger partial charge in [0.2, 0.25) is 0 Å². The van der Waals surface area contributed by atoms with Gasteiger partial charge in [-0.05, 0) is 38.3 Å². The third kappa shape index (κ3) is 5.12. The summed E-state index contributed by atoms with van der Waals surface area (Å²) in [5.41, 5.74) is 0.303. The van der Waals surface area contributed by atoms with Crippen LogP contribution >= 0.6 is 0 Å². The van der Waals surface area contributed by atoms with Crippen molar-refractivity contribution in [1.29, 1.82) is 5.26 Å². The molecule has 0 radical (unpaired) electrons. The highest BCUT2D eigenvalue weighted by Gasteiger charge is 2.33. The normalized spacial score (nSPS) is 16.6. The van der Waals surface area contributed by atoms with E-state index >= 15 is 0 Å². The molecule has 0 spiro atoms. The Labute approximate surface area is 246 Å². The van der Waals surface area contributed by atoms with Gasteiger partial charge in [0.15, 0.2) is 0 Å². The lowest BCUT2D eigenvalue weighted by Crippen LogP contribution is -2.41. The fourth-order valence-electron chi connectivity index (χ4n) is 6.11. The minimum atomic E-state index is -3.41. The van der Waals surface area contributed by atoms with Crippen LogP contribution in [0.4, 0.5) is 11.6 Å². The van der Waals surface area contributed by atoms with Crippen LogP contribution in [0.1, 0.15) is 61.5 Å². The van der Waals surface area contributed by atoms with Gasteiger partial charge >= 0.3 is 11.8 Å². The molecule has 2 fully saturated rings. The number of morpholine rings is 1. The number of ether oxygens (including phenoxy) is 1. The summed E-state index contributed by atoms with van der Waals surface area (Å²) in [6, 6.07) is 10.8. The second-order valence-electron chi connectivity index (χ2n) is 11.6. The zero-order valence-corrected chi connectivity index (χ0v) is 23.9. The van der Waals surface area contributed by atoms with Crippen molar-refractivity contribution < 1.29 is 24.9 Å². The van der Waals surface area contributed by atoms with E-state index in [0.717, 1.165) is 25.7 Å². The molecule has 0 atom stereocenters. The number of carbonyl (C=O) groups excluding carboxylic acids is 1. The van der Waals surface area contributed by atoms with Gasteiger partial charge in [-0.3, -0.25) is 9.36 Å². The maximum absolute atomic E-state index is 13.8. The molecule has 6 rings (SSSR count). The molecular weight excluding hydrogens is 554 g/mol. The number of fused-ring (bicyclic) bond motifs is 2. The van der Waals surface area contributed by atoms with Crippen LogP contribution in [0.25, 0.3) is 21.9 Å². The van der Waals surface area contributed by atoms with Crippen molar-refractivity contribution in [3.05, 3.63) is 58.1 Å². The largest absolute Gasteiger partial charge is 0.378 e. The summed E-state index contributed by atoms with van der Waals surface area (Å²) >= 11 is 0. The number of imidazole rings is 1. The number of para-hydroxylation sites is 1. The molecule has 43 heavy (non-hydrogen) atoms. The predicted octanol–water partition coefficient (Wildman–Crippen LogP) is 2.42. The van der Waals surface area contributed by atoms with Crippen molar-refractivity contribution in [3.63, 3.8) is 0 Å². The van der Waals surface area contributed by atoms with E-state index in [0.29, 0.717) is 64.2 Å². The summed E-state index contributed by atoms with van der Waals surface area (Å²) in [4.78, 5) is 38.0. The second-order valence-corrected chi connectivity index (χ2v) is 11.6. The van der Waals surface area contributed by atoms with Crippen molar-refractivity contribution in [3.8, 4) is 6.07 Å². The Morgan fingerprint density at radius 2 is 1.81 bits per heavy atom. The smallest absolute Gasteiger partial charge is 0.377 e. The minimum Gasteiger partial charge on any atom is -0.378 e. The molecule has 1 aliphatic carbocycles. The molecule has 1 saturated heterocycles. The minimum absolute atomic E-state index is 0.0441. The molecule has 13 heteroatoms. The van der Waals surface area contributed by atoms with Gasteiger partial charge in [0.25, 0.3) is 5.91 Å². The van der Waals surface area contributed by atoms with Gasteiger partial charge in [0.05, 0.1) is 53.0 Å². The highest BCUT2D eigenvalue weighted by Crippen LogP contribution is 2.35. The van der Waals surface area contributed by atoms with Crippen LogP contribution in [0.5, 0.6) is 0 Å². The topological polar surface area (TPSA) is 179 Å². The number of nitrogens with zero attached hydrogens (tertiary/aromatic N) is 6. The van der Waals surface area contributed by atoms with Gasteiger partial charge in [0, 0.05) is 30.6 Å². The second kappa shape index (κ2) is 10.7. The van der Waals surface area contributed by atoms with Gasteiger partial charge in [-0.25, -0.2) is 19.3 Å². The SMILES string of the molecule is CC(C)(C#N)c1cccc2c(C(=O)N3CCOCC3)cc(Nc3cc4c(cn3)n(C(O)(O)O)c(=O)n4C3CCCC3)nc12. The number of amides is 1. The fourth-order valence-corrected chi connectivity index (χ4v) is 6.11. The Hall–Kier alpha value is -4.35. The number of benzene rings is 1. The lowest BCUT2D eigenvalue weighted by molar-refractivity contribution is -0.374. The summed E-state index contributed by atoms with van der Waals surface area (Å²) in [7, 11) is 0. The van der Waals surface area contributed by atoms with Crippen LogP contribution in [0.3, 0.4) is 0 Å². The van der Waals surface area contributed by atoms with E-state index in [1.165, 1.54) is 10.8 Å². The summed E-state index contributed by atoms with van der Waals surface area (Å²) in [6.07, 6.45) is 1.17. The molecule has 0 unspecified atom stereocenters. The molecule has 3 aromatic heterocycles. The summed E-state index contributed by atoms with van der Waals surface area (Å²) in [6.45, 7) is 5.36. The zero-order chi connectivity index (χ0) is 30.5. The highest BCUT2D eigenvalue weighted by atomic mass is 16.7. The summed E-state index contributed by atoms with van der Waals surface area (Å²) in [5.74, 6) is 0.392. The number of hydrogen-bond acceptors (Lipinski definition) is 10. The van der Waals surface area contributed by atoms with Gasteiger partial charge in [-0.1, -0.05) is 31.0 Å². The quantitative estimate of drug-likeness (QED) is 0.245. The predicted molar refractivity (Wildman–Crippen MR) is 157 cm³/mol. The van der Waals surface area contributed by atoms with Crippen molar-refractivity contribution in [2.45, 2.75) is 57.1 Å². The Balaban J connectivity index is 1.50. The van der Waals surface area contributed by atoms with Gasteiger partial charge in [-0.2, -0.15) is 5.26 Å². The molecule has 4 aromatic rings. The first-order chi connectivity index (χ1) is 20.5. The van der Waals surface area contributed by atoms with Gasteiger partial charge in [-0.15, -0.1) is 0 Å². The van der Waals surface area contributed by atoms with E-state index in [4.69, 9.17) is 9.72 Å². The van der Waals surface area contributed by atoms with Crippen LogP contribution in [0.15, 0.2) is 41.3 Å². The highest BCUT2D eigenvalue weighted by molar-refractivity contribution is 6.08. The average Bonchev–Trinajstić information content (AvgIpc) is 3.61. The molecule has 4 N–H and O–H groups in total. The molecule has 1 saturated carbocycles. The molecule has 13 nitrogen and oxygen atoms in total. The first kappa shape index (κ1) is 28.8. The van der Waals surface area contributed by atoms with Crippen LogP contribution in [0, 0.1) is 11.3 Å². The molecule has 224 valence electrons. The number of carbonyl (C=O) groups is 1. The molecule has 1 aromatic carbocycles. The number of nitriles is 1. The number of anilines is 2. The molecule has 2 aliphatic rings. The number of aromatic nitrogens is 4. The first-order valence-corrected chi connectivity index (χ1v) is 14.3. The van der Waals surface area contributed by atoms with E-state index in [2.05, 4.69) is 16.4 Å². The maximum atomic E-state index is 13.8. The summed E-state index contributed by atoms with van der Waals surface area (Å²) < 4.78 is 7.39. The van der Waals surface area contributed by atoms with Gasteiger partial charge in [0.1, 0.15) is 11.6 Å². The van der Waals surface area contributed by atoms with Crippen molar-refractivity contribution >= 4 is 39.5 Å². The van der Waals surface area contributed by atoms with E-state index in [9.17, 15) is 30.2 Å². The van der Waals surface area contributed by atoms with E-state index in [1.54, 1.807) is 30.9 Å². The van der Waals surface area contributed by atoms with Crippen molar-refractivity contribution in [1.82, 2.24) is 24.0 Å². The third-order valence-electron chi connectivity index (χ3n) is 8.33. The van der Waals surface area contributed by atoms with E-state index in [-0.39, 0.29) is 23.3 Å². The van der Waals surface area contributed by atoms with Crippen molar-refractivity contribution in [2.24, 2.45) is 0 Å². The molecule has 0 bridgehead atoms. The lowest BCUT2D eigenvalue weighted by Gasteiger charge is -2.28. The van der Waals surface area contributed by atoms with Crippen LogP contribution in [0.2, 0.25) is 0 Å². The van der Waals surface area contributed by atoms with Crippen molar-refractivity contribution in [2.75, 3.05) is 31.6 Å². The van der Waals surface area contributed by atoms with E-state index in [1.807, 2.05) is 18.2 Å². The first-order valence-electron chi connectivity index (χ1n) is 14.3. The monoisotopic (exact) mass is 587 g/mol. The average molecular weight is 588 g/mol. The van der Waals surface area contributed by atoms with Gasteiger partial charge < -0.3 is 30.3 Å². The lowest BCUT2D eigenvalue weighted by atomic mass is 9.84. The molecular formula is C30H33N7O6. The van der Waals surface area contributed by atoms with Crippen LogP contribution < -0.4 is 11.0 Å². The number of pyridine rings is 2. The third-order valence-corrected chi connectivity index (χ3v) is 8.33. The Bertz CT molecular complexity index is 1820. The Kier molecular flexibility index (Phi) is 7.18. The number of hydrogen-bond donors (Lipinski definition) is 4. The van der Waals surface area contributed by atoms with E-state index < -0.39 is 17.2 Å². The van der Waals surface area contributed by atoms with Crippen LogP contribution in [-0.4, -0.2) is 71.5 Å². The molecule has 4 heterocycles. The number of aliphatic hydroxyl groups is 3. The molecule has 1 amide bonds. The standard InChI is InChI=1S/C30H33N7O6/c1-29(2,17-31)21-9-5-8-19-20(27(38)35-10-12-43-13-11-35)14-25(34-26(19)21)33-24-15-22-23(16-32-24)37(30(40,41)42)28(39)36(22)18-6-3-4-7-18/h5,8-9,14-16,18,40-42H,3-4,6-7,10-13H2,1-2H3,(H,32,33,34).